The predicted octanol–water partition coefficient (Wildman–Crippen LogP) is 3.07. The van der Waals surface area contributed by atoms with Crippen LogP contribution >= 0.6 is 11.8 Å². The fraction of sp³-hybridized carbons (Fsp3) is 0.458. The molecule has 9 heteroatoms. The lowest BCUT2D eigenvalue weighted by Crippen LogP contribution is -2.45. The lowest BCUT2D eigenvalue weighted by atomic mass is 10.1. The molecular weight excluding hydrogens is 434 g/mol. The first-order chi connectivity index (χ1) is 16.0. The van der Waals surface area contributed by atoms with Gasteiger partial charge in [-0.3, -0.25) is 9.79 Å². The Labute approximate surface area is 198 Å². The lowest BCUT2D eigenvalue weighted by Gasteiger charge is -2.32. The summed E-state index contributed by atoms with van der Waals surface area (Å²) in [5.41, 5.74) is 2.27. The number of benzene rings is 1. The highest BCUT2D eigenvalue weighted by atomic mass is 32.2. The molecule has 1 aromatic heterocycles. The van der Waals surface area contributed by atoms with Crippen molar-refractivity contribution >= 4 is 35.3 Å². The molecule has 2 fully saturated rings. The van der Waals surface area contributed by atoms with Crippen LogP contribution in [-0.2, 0) is 11.2 Å². The maximum Gasteiger partial charge on any atom is 0.234 e. The highest BCUT2D eigenvalue weighted by Crippen LogP contribution is 2.32. The number of aromatic nitrogens is 3. The third-order valence-corrected chi connectivity index (χ3v) is 6.93. The maximum atomic E-state index is 12.1. The van der Waals surface area contributed by atoms with Crippen molar-refractivity contribution in [3.05, 3.63) is 41.5 Å². The number of nitrogens with one attached hydrogen (secondary N) is 1. The van der Waals surface area contributed by atoms with Crippen molar-refractivity contribution in [1.29, 1.82) is 0 Å². The van der Waals surface area contributed by atoms with Gasteiger partial charge < -0.3 is 15.1 Å². The number of hydrogen-bond acceptors (Lipinski definition) is 9. The minimum absolute atomic E-state index is 0.297. The van der Waals surface area contributed by atoms with Gasteiger partial charge in [-0.15, -0.1) is 0 Å². The second-order valence-corrected chi connectivity index (χ2v) is 10.1. The smallest absolute Gasteiger partial charge is 0.234 e. The van der Waals surface area contributed by atoms with Crippen LogP contribution in [0.3, 0.4) is 0 Å². The summed E-state index contributed by atoms with van der Waals surface area (Å²) >= 11 is 1.51. The van der Waals surface area contributed by atoms with E-state index in [0.29, 0.717) is 41.7 Å². The highest BCUT2D eigenvalue weighted by Gasteiger charge is 2.29. The molecule has 1 N–H and O–H groups in total. The van der Waals surface area contributed by atoms with Gasteiger partial charge in [0.1, 0.15) is 11.6 Å². The van der Waals surface area contributed by atoms with Crippen molar-refractivity contribution in [2.24, 2.45) is 10.9 Å². The molecular formula is C24H29N7OS. The third kappa shape index (κ3) is 5.78. The zero-order chi connectivity index (χ0) is 22.8. The van der Waals surface area contributed by atoms with Gasteiger partial charge in [-0.05, 0) is 67.9 Å². The van der Waals surface area contributed by atoms with Crippen molar-refractivity contribution in [3.8, 4) is 0 Å². The molecule has 0 bridgehead atoms. The fourth-order valence-corrected chi connectivity index (χ4v) is 4.59. The van der Waals surface area contributed by atoms with Crippen LogP contribution in [0.5, 0.6) is 0 Å². The molecule has 1 aliphatic carbocycles. The van der Waals surface area contributed by atoms with Gasteiger partial charge in [0.2, 0.25) is 11.9 Å². The van der Waals surface area contributed by atoms with Crippen LogP contribution in [-0.4, -0.2) is 71.2 Å². The number of piperazine rings is 1. The number of carbonyl (C=O) groups excluding carboxylic acids is 1. The molecule has 1 saturated carbocycles. The molecule has 5 rings (SSSR count). The molecule has 1 saturated heterocycles. The lowest BCUT2D eigenvalue weighted by molar-refractivity contribution is -0.119. The normalized spacial score (nSPS) is 18.8. The van der Waals surface area contributed by atoms with E-state index in [0.717, 1.165) is 55.3 Å². The number of aliphatic imine (C=N–C) groups is 1. The summed E-state index contributed by atoms with van der Waals surface area (Å²) in [6.07, 6.45) is 4.66. The summed E-state index contributed by atoms with van der Waals surface area (Å²) < 4.78 is 0. The minimum Gasteiger partial charge on any atom is -0.338 e. The predicted molar refractivity (Wildman–Crippen MR) is 131 cm³/mol. The molecule has 2 aromatic rings. The van der Waals surface area contributed by atoms with Crippen LogP contribution in [0.4, 0.5) is 11.9 Å². The van der Waals surface area contributed by atoms with Gasteiger partial charge in [0, 0.05) is 43.4 Å². The van der Waals surface area contributed by atoms with Crippen molar-refractivity contribution in [2.45, 2.75) is 36.2 Å². The first-order valence-corrected chi connectivity index (χ1v) is 12.3. The maximum absolute atomic E-state index is 12.1. The van der Waals surface area contributed by atoms with Gasteiger partial charge >= 0.3 is 0 Å². The van der Waals surface area contributed by atoms with Crippen LogP contribution in [0.1, 0.15) is 25.3 Å². The number of ketones is 1. The number of likely N-dealkylation sites (N-methyl/N-ethyl adjacent to an activating group) is 1. The van der Waals surface area contributed by atoms with E-state index in [-0.39, 0.29) is 0 Å². The van der Waals surface area contributed by atoms with E-state index in [4.69, 9.17) is 9.97 Å². The second-order valence-electron chi connectivity index (χ2n) is 9.01. The Balaban J connectivity index is 1.34. The monoisotopic (exact) mass is 463 g/mol. The largest absolute Gasteiger partial charge is 0.338 e. The van der Waals surface area contributed by atoms with Crippen molar-refractivity contribution in [2.75, 3.05) is 50.0 Å². The number of amidine groups is 1. The number of anilines is 2. The Bertz CT molecular complexity index is 1090. The van der Waals surface area contributed by atoms with Gasteiger partial charge in [0.15, 0.2) is 5.16 Å². The van der Waals surface area contributed by atoms with E-state index in [9.17, 15) is 4.79 Å². The zero-order valence-corrected chi connectivity index (χ0v) is 19.9. The minimum atomic E-state index is 0.297. The molecule has 0 radical (unpaired) electrons. The molecule has 1 aromatic carbocycles. The highest BCUT2D eigenvalue weighted by molar-refractivity contribution is 7.99. The van der Waals surface area contributed by atoms with E-state index >= 15 is 0 Å². The fourth-order valence-electron chi connectivity index (χ4n) is 3.85. The number of nitrogens with zero attached hydrogens (tertiary/aromatic N) is 6. The topological polar surface area (TPSA) is 86.6 Å². The first kappa shape index (κ1) is 22.0. The Morgan fingerprint density at radius 1 is 1.09 bits per heavy atom. The standard InChI is InChI=1S/C24H29N7OS/c1-16-13-21(25-15-16)26-22-27-23(31-11-9-30(2)10-12-31)29-24(28-22)33-19-7-3-17(4-8-19)14-20(32)18-5-6-18/h3-4,7-8,13,18H,5-6,9-12,14-15H2,1-2H3,(H,25,26,27,28,29). The van der Waals surface area contributed by atoms with Crippen LogP contribution < -0.4 is 10.2 Å². The van der Waals surface area contributed by atoms with E-state index in [1.807, 2.05) is 30.3 Å². The van der Waals surface area contributed by atoms with Gasteiger partial charge in [-0.25, -0.2) is 0 Å². The number of carbonyl (C=O) groups is 1. The first-order valence-electron chi connectivity index (χ1n) is 11.5. The summed E-state index contributed by atoms with van der Waals surface area (Å²) in [6, 6.07) is 8.15. The van der Waals surface area contributed by atoms with Crippen LogP contribution in [0.25, 0.3) is 0 Å². The van der Waals surface area contributed by atoms with Gasteiger partial charge in [0.05, 0.1) is 6.54 Å². The molecule has 0 unspecified atom stereocenters. The van der Waals surface area contributed by atoms with E-state index in [2.05, 4.69) is 39.1 Å². The Kier molecular flexibility index (Phi) is 6.41. The average molecular weight is 464 g/mol. The molecule has 3 aliphatic rings. The third-order valence-electron chi connectivity index (χ3n) is 6.05. The van der Waals surface area contributed by atoms with Gasteiger partial charge in [0.25, 0.3) is 0 Å². The van der Waals surface area contributed by atoms with Gasteiger partial charge in [-0.1, -0.05) is 12.1 Å². The summed E-state index contributed by atoms with van der Waals surface area (Å²) in [5, 5.41) is 3.90. The van der Waals surface area contributed by atoms with E-state index in [1.54, 1.807) is 0 Å². The average Bonchev–Trinajstić information content (AvgIpc) is 3.58. The van der Waals surface area contributed by atoms with E-state index < -0.39 is 0 Å². The second kappa shape index (κ2) is 9.61. The van der Waals surface area contributed by atoms with Crippen molar-refractivity contribution < 1.29 is 4.79 Å². The molecule has 0 amide bonds. The summed E-state index contributed by atoms with van der Waals surface area (Å²) in [7, 11) is 2.13. The SMILES string of the molecule is CC1=CC(Nc2nc(Sc3ccc(CC(=O)C4CC4)cc3)nc(N3CCN(C)CC3)n2)=NC1. The molecule has 0 spiro atoms. The Morgan fingerprint density at radius 2 is 1.85 bits per heavy atom. The number of Topliss-reactive ketones (excluding diaryl/α,β-unsaturated/α-hetero) is 1. The summed E-state index contributed by atoms with van der Waals surface area (Å²) in [4.78, 5) is 36.3. The molecule has 172 valence electrons. The zero-order valence-electron chi connectivity index (χ0n) is 19.1. The number of hydrogen-bond donors (Lipinski definition) is 1. The molecule has 33 heavy (non-hydrogen) atoms. The van der Waals surface area contributed by atoms with Gasteiger partial charge in [-0.2, -0.15) is 15.0 Å². The summed E-state index contributed by atoms with van der Waals surface area (Å²) in [6.45, 7) is 6.49. The molecule has 2 aliphatic heterocycles. The van der Waals surface area contributed by atoms with Crippen molar-refractivity contribution in [1.82, 2.24) is 19.9 Å². The molecule has 0 atom stereocenters. The van der Waals surface area contributed by atoms with E-state index in [1.165, 1.54) is 17.3 Å². The number of rotatable bonds is 7. The molecule has 3 heterocycles. The van der Waals surface area contributed by atoms with Crippen molar-refractivity contribution in [3.63, 3.8) is 0 Å². The summed E-state index contributed by atoms with van der Waals surface area (Å²) in [5.74, 6) is 2.64. The van der Waals surface area contributed by atoms with Crippen LogP contribution in [0, 0.1) is 5.92 Å². The van der Waals surface area contributed by atoms with Crippen LogP contribution in [0.15, 0.2) is 51.0 Å². The Morgan fingerprint density at radius 3 is 2.52 bits per heavy atom. The Hall–Kier alpha value is -2.78. The molecule has 8 nitrogen and oxygen atoms in total. The van der Waals surface area contributed by atoms with Crippen LogP contribution in [0.2, 0.25) is 0 Å². The quantitative estimate of drug-likeness (QED) is 0.671.